The number of carbonyl (C=O) groups is 1. The second-order valence-corrected chi connectivity index (χ2v) is 4.23. The Morgan fingerprint density at radius 1 is 1.37 bits per heavy atom. The van der Waals surface area contributed by atoms with Crippen molar-refractivity contribution in [2.24, 2.45) is 12.8 Å². The normalized spacial score (nSPS) is 10.4. The van der Waals surface area contributed by atoms with Gasteiger partial charge >= 0.3 is 5.69 Å². The minimum atomic E-state index is -0.618. The summed E-state index contributed by atoms with van der Waals surface area (Å²) in [5, 5.41) is 2.57. The topological polar surface area (TPSA) is 125 Å². The lowest BCUT2D eigenvalue weighted by Gasteiger charge is -2.15. The van der Waals surface area contributed by atoms with Crippen LogP contribution < -0.4 is 28.0 Å². The first-order valence-electron chi connectivity index (χ1n) is 6.01. The van der Waals surface area contributed by atoms with E-state index in [1.807, 2.05) is 6.92 Å². The number of aromatic nitrogens is 2. The molecule has 19 heavy (non-hydrogen) atoms. The van der Waals surface area contributed by atoms with E-state index in [1.54, 1.807) is 0 Å². The molecule has 0 fully saturated rings. The number of nitrogen functional groups attached to an aromatic ring is 1. The number of unbranched alkanes of at least 4 members (excludes halogenated alkanes) is 1. The van der Waals surface area contributed by atoms with Gasteiger partial charge in [0.25, 0.3) is 5.56 Å². The highest BCUT2D eigenvalue weighted by Gasteiger charge is 2.15. The number of rotatable bonds is 6. The van der Waals surface area contributed by atoms with Crippen LogP contribution in [0.3, 0.4) is 0 Å². The van der Waals surface area contributed by atoms with Gasteiger partial charge in [0.1, 0.15) is 11.5 Å². The van der Waals surface area contributed by atoms with E-state index in [0.29, 0.717) is 6.54 Å². The first kappa shape index (κ1) is 14.8. The molecule has 0 spiro atoms. The minimum Gasteiger partial charge on any atom is -0.383 e. The van der Waals surface area contributed by atoms with Crippen LogP contribution >= 0.6 is 0 Å². The van der Waals surface area contributed by atoms with Crippen LogP contribution in [0.1, 0.15) is 19.8 Å². The van der Waals surface area contributed by atoms with Gasteiger partial charge in [-0.15, -0.1) is 0 Å². The first-order valence-corrected chi connectivity index (χ1v) is 6.01. The smallest absolute Gasteiger partial charge is 0.332 e. The van der Waals surface area contributed by atoms with E-state index in [1.165, 1.54) is 11.6 Å². The van der Waals surface area contributed by atoms with E-state index in [2.05, 4.69) is 5.32 Å². The Morgan fingerprint density at radius 3 is 2.53 bits per heavy atom. The lowest BCUT2D eigenvalue weighted by Crippen LogP contribution is -2.41. The number of nitrogens with zero attached hydrogens (tertiary/aromatic N) is 2. The fraction of sp³-hybridized carbons (Fsp3) is 0.545. The Kier molecular flexibility index (Phi) is 4.74. The molecule has 0 aliphatic rings. The van der Waals surface area contributed by atoms with Crippen molar-refractivity contribution in [2.45, 2.75) is 26.3 Å². The van der Waals surface area contributed by atoms with Gasteiger partial charge in [0.2, 0.25) is 5.91 Å². The molecule has 1 aromatic heterocycles. The summed E-state index contributed by atoms with van der Waals surface area (Å²) < 4.78 is 2.27. The molecule has 8 nitrogen and oxygen atoms in total. The molecular formula is C11H19N5O3. The zero-order valence-corrected chi connectivity index (χ0v) is 11.1. The number of hydrogen-bond donors (Lipinski definition) is 3. The predicted octanol–water partition coefficient (Wildman–Crippen LogP) is -1.17. The predicted molar refractivity (Wildman–Crippen MR) is 72.9 cm³/mol. The largest absolute Gasteiger partial charge is 0.383 e. The molecule has 5 N–H and O–H groups in total. The molecule has 0 atom stereocenters. The third-order valence-electron chi connectivity index (χ3n) is 2.76. The number of hydrogen-bond acceptors (Lipinski definition) is 5. The van der Waals surface area contributed by atoms with Crippen molar-refractivity contribution in [3.63, 3.8) is 0 Å². The second kappa shape index (κ2) is 6.07. The molecule has 0 aliphatic heterocycles. The summed E-state index contributed by atoms with van der Waals surface area (Å²) in [5.41, 5.74) is 9.80. The molecule has 106 valence electrons. The minimum absolute atomic E-state index is 0.0250. The van der Waals surface area contributed by atoms with Gasteiger partial charge in [-0.05, 0) is 6.42 Å². The summed E-state index contributed by atoms with van der Waals surface area (Å²) in [6.07, 6.45) is 1.65. The zero-order valence-electron chi connectivity index (χ0n) is 11.1. The van der Waals surface area contributed by atoms with E-state index in [0.717, 1.165) is 17.4 Å². The van der Waals surface area contributed by atoms with Crippen molar-refractivity contribution in [2.75, 3.05) is 17.6 Å². The zero-order chi connectivity index (χ0) is 14.6. The molecule has 0 radical (unpaired) electrons. The SMILES string of the molecule is CCCCn1c(N)c(NCC(N)=O)c(=O)n(C)c1=O. The maximum atomic E-state index is 11.9. The highest BCUT2D eigenvalue weighted by atomic mass is 16.2. The van der Waals surface area contributed by atoms with Crippen molar-refractivity contribution < 1.29 is 4.79 Å². The maximum Gasteiger partial charge on any atom is 0.332 e. The molecule has 8 heteroatoms. The summed E-state index contributed by atoms with van der Waals surface area (Å²) in [4.78, 5) is 34.6. The van der Waals surface area contributed by atoms with Crippen LogP contribution in [0.25, 0.3) is 0 Å². The van der Waals surface area contributed by atoms with Crippen molar-refractivity contribution >= 4 is 17.4 Å². The average molecular weight is 269 g/mol. The Hall–Kier alpha value is -2.25. The third-order valence-corrected chi connectivity index (χ3v) is 2.76. The Balaban J connectivity index is 3.30. The van der Waals surface area contributed by atoms with Crippen LogP contribution in [-0.2, 0) is 18.4 Å². The Morgan fingerprint density at radius 2 is 2.00 bits per heavy atom. The fourth-order valence-electron chi connectivity index (χ4n) is 1.66. The van der Waals surface area contributed by atoms with Gasteiger partial charge < -0.3 is 16.8 Å². The number of carbonyl (C=O) groups excluding carboxylic acids is 1. The van der Waals surface area contributed by atoms with Crippen LogP contribution in [0, 0.1) is 0 Å². The molecule has 1 heterocycles. The van der Waals surface area contributed by atoms with Gasteiger partial charge in [-0.1, -0.05) is 13.3 Å². The third kappa shape index (κ3) is 3.15. The molecular weight excluding hydrogens is 250 g/mol. The number of nitrogens with two attached hydrogens (primary N) is 2. The Bertz CT molecular complexity index is 587. The van der Waals surface area contributed by atoms with E-state index in [-0.39, 0.29) is 18.1 Å². The van der Waals surface area contributed by atoms with Crippen molar-refractivity contribution in [3.05, 3.63) is 20.8 Å². The maximum absolute atomic E-state index is 11.9. The van der Waals surface area contributed by atoms with Crippen LogP contribution in [0.4, 0.5) is 11.5 Å². The van der Waals surface area contributed by atoms with Crippen LogP contribution in [0.2, 0.25) is 0 Å². The van der Waals surface area contributed by atoms with E-state index in [9.17, 15) is 14.4 Å². The lowest BCUT2D eigenvalue weighted by molar-refractivity contribution is -0.116. The molecule has 0 aromatic carbocycles. The first-order chi connectivity index (χ1) is 8.90. The average Bonchev–Trinajstić information content (AvgIpc) is 2.36. The number of amides is 1. The van der Waals surface area contributed by atoms with Gasteiger partial charge in [-0.2, -0.15) is 0 Å². The Labute approximate surface area is 110 Å². The number of nitrogens with one attached hydrogen (secondary N) is 1. The van der Waals surface area contributed by atoms with Crippen molar-refractivity contribution in [1.82, 2.24) is 9.13 Å². The van der Waals surface area contributed by atoms with Crippen LogP contribution in [0.15, 0.2) is 9.59 Å². The molecule has 0 aliphatic carbocycles. The lowest BCUT2D eigenvalue weighted by atomic mass is 10.3. The molecule has 1 amide bonds. The van der Waals surface area contributed by atoms with Gasteiger partial charge in [-0.25, -0.2) is 4.79 Å². The monoisotopic (exact) mass is 269 g/mol. The molecule has 0 unspecified atom stereocenters. The van der Waals surface area contributed by atoms with E-state index >= 15 is 0 Å². The van der Waals surface area contributed by atoms with Gasteiger partial charge in [0.05, 0.1) is 6.54 Å². The highest BCUT2D eigenvalue weighted by Crippen LogP contribution is 2.10. The summed E-state index contributed by atoms with van der Waals surface area (Å²) in [7, 11) is 1.36. The van der Waals surface area contributed by atoms with Crippen LogP contribution in [-0.4, -0.2) is 21.6 Å². The van der Waals surface area contributed by atoms with Gasteiger partial charge in [0, 0.05) is 13.6 Å². The highest BCUT2D eigenvalue weighted by molar-refractivity contribution is 5.79. The standard InChI is InChI=1S/C11H19N5O3/c1-3-4-5-16-9(13)8(14-6-7(12)17)10(18)15(2)11(16)19/h14H,3-6,13H2,1-2H3,(H2,12,17). The van der Waals surface area contributed by atoms with E-state index < -0.39 is 17.2 Å². The number of anilines is 2. The number of primary amides is 1. The quantitative estimate of drug-likeness (QED) is 0.600. The van der Waals surface area contributed by atoms with E-state index in [4.69, 9.17) is 11.5 Å². The fourth-order valence-corrected chi connectivity index (χ4v) is 1.66. The molecule has 0 bridgehead atoms. The van der Waals surface area contributed by atoms with Gasteiger partial charge in [-0.3, -0.25) is 18.7 Å². The van der Waals surface area contributed by atoms with Crippen molar-refractivity contribution in [3.8, 4) is 0 Å². The van der Waals surface area contributed by atoms with Crippen molar-refractivity contribution in [1.29, 1.82) is 0 Å². The summed E-state index contributed by atoms with van der Waals surface area (Å²) in [6.45, 7) is 2.18. The molecule has 0 saturated carbocycles. The van der Waals surface area contributed by atoms with Crippen LogP contribution in [0.5, 0.6) is 0 Å². The molecule has 1 rings (SSSR count). The summed E-state index contributed by atoms with van der Waals surface area (Å²) in [6, 6.07) is 0. The summed E-state index contributed by atoms with van der Waals surface area (Å²) >= 11 is 0. The molecule has 0 saturated heterocycles. The molecule has 1 aromatic rings. The summed E-state index contributed by atoms with van der Waals surface area (Å²) in [5.74, 6) is -0.587. The second-order valence-electron chi connectivity index (χ2n) is 4.23. The van der Waals surface area contributed by atoms with Gasteiger partial charge in [0.15, 0.2) is 0 Å².